The van der Waals surface area contributed by atoms with Gasteiger partial charge in [-0.15, -0.1) is 0 Å². The van der Waals surface area contributed by atoms with Crippen molar-refractivity contribution in [1.29, 1.82) is 0 Å². The van der Waals surface area contributed by atoms with Crippen molar-refractivity contribution in [2.24, 2.45) is 0 Å². The Morgan fingerprint density at radius 1 is 1.71 bits per heavy atom. The van der Waals surface area contributed by atoms with Gasteiger partial charge in [0.25, 0.3) is 0 Å². The van der Waals surface area contributed by atoms with E-state index in [0.717, 1.165) is 25.1 Å². The zero-order valence-corrected chi connectivity index (χ0v) is 7.92. The molecule has 2 heterocycles. The molecule has 0 aliphatic carbocycles. The smallest absolute Gasteiger partial charge is 0.237 e. The van der Waals surface area contributed by atoms with E-state index in [4.69, 9.17) is 0 Å². The van der Waals surface area contributed by atoms with Crippen LogP contribution in [0.5, 0.6) is 0 Å². The first-order valence-electron chi connectivity index (χ1n) is 4.84. The summed E-state index contributed by atoms with van der Waals surface area (Å²) in [5, 5.41) is 6.00. The summed E-state index contributed by atoms with van der Waals surface area (Å²) in [5.74, 6) is 0.0806. The summed E-state index contributed by atoms with van der Waals surface area (Å²) < 4.78 is 0. The first kappa shape index (κ1) is 9.21. The van der Waals surface area contributed by atoms with Crippen LogP contribution in [-0.2, 0) is 11.3 Å². The summed E-state index contributed by atoms with van der Waals surface area (Å²) in [4.78, 5) is 18.3. The lowest BCUT2D eigenvalue weighted by molar-refractivity contribution is -0.122. The average molecular weight is 194 g/mol. The Kier molecular flexibility index (Phi) is 2.78. The van der Waals surface area contributed by atoms with Crippen LogP contribution in [0.25, 0.3) is 0 Å². The summed E-state index contributed by atoms with van der Waals surface area (Å²) >= 11 is 0. The zero-order chi connectivity index (χ0) is 9.80. The van der Waals surface area contributed by atoms with Crippen molar-refractivity contribution in [2.45, 2.75) is 25.4 Å². The van der Waals surface area contributed by atoms with Gasteiger partial charge in [-0.3, -0.25) is 4.79 Å². The normalized spacial score (nSPS) is 21.0. The summed E-state index contributed by atoms with van der Waals surface area (Å²) in [6, 6.07) is -0.00192. The molecule has 0 spiro atoms. The van der Waals surface area contributed by atoms with Crippen LogP contribution < -0.4 is 10.6 Å². The SMILES string of the molecule is O=C(NCc1cnc[nH]1)C1CCCN1. The maximum absolute atomic E-state index is 11.5. The van der Waals surface area contributed by atoms with Crippen LogP contribution in [0.1, 0.15) is 18.5 Å². The van der Waals surface area contributed by atoms with Gasteiger partial charge >= 0.3 is 0 Å². The third kappa shape index (κ3) is 2.11. The Bertz CT molecular complexity index is 290. The highest BCUT2D eigenvalue weighted by molar-refractivity contribution is 5.81. The number of carbonyl (C=O) groups excluding carboxylic acids is 1. The minimum absolute atomic E-state index is 0.00192. The summed E-state index contributed by atoms with van der Waals surface area (Å²) in [6.45, 7) is 1.47. The lowest BCUT2D eigenvalue weighted by Crippen LogP contribution is -2.40. The first-order valence-corrected chi connectivity index (χ1v) is 4.84. The van der Waals surface area contributed by atoms with Gasteiger partial charge in [-0.2, -0.15) is 0 Å². The number of carbonyl (C=O) groups is 1. The number of aromatic amines is 1. The van der Waals surface area contributed by atoms with Gasteiger partial charge in [-0.05, 0) is 19.4 Å². The molecule has 1 fully saturated rings. The van der Waals surface area contributed by atoms with Crippen LogP contribution >= 0.6 is 0 Å². The highest BCUT2D eigenvalue weighted by Gasteiger charge is 2.21. The van der Waals surface area contributed by atoms with Crippen molar-refractivity contribution in [3.63, 3.8) is 0 Å². The zero-order valence-electron chi connectivity index (χ0n) is 7.92. The van der Waals surface area contributed by atoms with Crippen LogP contribution in [0, 0.1) is 0 Å². The van der Waals surface area contributed by atoms with Gasteiger partial charge in [0.2, 0.25) is 5.91 Å². The molecule has 2 rings (SSSR count). The number of hydrogen-bond acceptors (Lipinski definition) is 3. The minimum atomic E-state index is -0.00192. The van der Waals surface area contributed by atoms with Crippen molar-refractivity contribution in [1.82, 2.24) is 20.6 Å². The minimum Gasteiger partial charge on any atom is -0.349 e. The number of H-pyrrole nitrogens is 1. The van der Waals surface area contributed by atoms with E-state index in [1.165, 1.54) is 0 Å². The molecule has 1 unspecified atom stereocenters. The van der Waals surface area contributed by atoms with Crippen molar-refractivity contribution in [3.8, 4) is 0 Å². The fourth-order valence-electron chi connectivity index (χ4n) is 1.60. The molecule has 1 aliphatic rings. The quantitative estimate of drug-likeness (QED) is 0.623. The Hall–Kier alpha value is -1.36. The van der Waals surface area contributed by atoms with Crippen LogP contribution in [0.3, 0.4) is 0 Å². The molecule has 1 aromatic heterocycles. The number of aromatic nitrogens is 2. The molecule has 1 aliphatic heterocycles. The predicted octanol–water partition coefficient (Wildman–Crippen LogP) is -0.222. The monoisotopic (exact) mass is 194 g/mol. The van der Waals surface area contributed by atoms with Crippen molar-refractivity contribution < 1.29 is 4.79 Å². The van der Waals surface area contributed by atoms with E-state index >= 15 is 0 Å². The van der Waals surface area contributed by atoms with Crippen molar-refractivity contribution in [2.75, 3.05) is 6.54 Å². The molecule has 1 aromatic rings. The molecule has 0 aromatic carbocycles. The van der Waals surface area contributed by atoms with Gasteiger partial charge in [-0.25, -0.2) is 4.98 Å². The van der Waals surface area contributed by atoms with Crippen LogP contribution in [0.15, 0.2) is 12.5 Å². The molecule has 0 saturated carbocycles. The number of rotatable bonds is 3. The molecule has 0 radical (unpaired) electrons. The molecule has 1 amide bonds. The molecule has 1 saturated heterocycles. The Morgan fingerprint density at radius 2 is 2.64 bits per heavy atom. The van der Waals surface area contributed by atoms with Crippen molar-refractivity contribution >= 4 is 5.91 Å². The summed E-state index contributed by atoms with van der Waals surface area (Å²) in [7, 11) is 0. The van der Waals surface area contributed by atoms with Gasteiger partial charge in [0.1, 0.15) is 0 Å². The number of imidazole rings is 1. The fraction of sp³-hybridized carbons (Fsp3) is 0.556. The maximum atomic E-state index is 11.5. The Morgan fingerprint density at radius 3 is 3.29 bits per heavy atom. The largest absolute Gasteiger partial charge is 0.349 e. The molecule has 5 nitrogen and oxygen atoms in total. The lowest BCUT2D eigenvalue weighted by Gasteiger charge is -2.09. The molecular weight excluding hydrogens is 180 g/mol. The summed E-state index contributed by atoms with van der Waals surface area (Å²) in [5.41, 5.74) is 0.927. The van der Waals surface area contributed by atoms with Crippen LogP contribution in [0.4, 0.5) is 0 Å². The number of nitrogens with one attached hydrogen (secondary N) is 3. The summed E-state index contributed by atoms with van der Waals surface area (Å²) in [6.07, 6.45) is 5.34. The number of nitrogens with zero attached hydrogens (tertiary/aromatic N) is 1. The van der Waals surface area contributed by atoms with E-state index in [2.05, 4.69) is 20.6 Å². The highest BCUT2D eigenvalue weighted by Crippen LogP contribution is 2.04. The van der Waals surface area contributed by atoms with E-state index in [1.54, 1.807) is 12.5 Å². The van der Waals surface area contributed by atoms with E-state index in [-0.39, 0.29) is 11.9 Å². The third-order valence-electron chi connectivity index (χ3n) is 2.38. The average Bonchev–Trinajstić information content (AvgIpc) is 2.87. The molecule has 14 heavy (non-hydrogen) atoms. The lowest BCUT2D eigenvalue weighted by atomic mass is 10.2. The highest BCUT2D eigenvalue weighted by atomic mass is 16.2. The second-order valence-electron chi connectivity index (χ2n) is 3.44. The molecule has 3 N–H and O–H groups in total. The topological polar surface area (TPSA) is 69.8 Å². The first-order chi connectivity index (χ1) is 6.86. The number of hydrogen-bond donors (Lipinski definition) is 3. The van der Waals surface area contributed by atoms with Gasteiger partial charge in [0.15, 0.2) is 0 Å². The molecular formula is C9H14N4O. The number of amides is 1. The van der Waals surface area contributed by atoms with Gasteiger partial charge in [0, 0.05) is 6.20 Å². The standard InChI is InChI=1S/C9H14N4O/c14-9(8-2-1-3-11-8)12-5-7-4-10-6-13-7/h4,6,8,11H,1-3,5H2,(H,10,13)(H,12,14). The third-order valence-corrected chi connectivity index (χ3v) is 2.38. The molecule has 1 atom stereocenters. The van der Waals surface area contributed by atoms with Gasteiger partial charge in [0.05, 0.1) is 24.6 Å². The van der Waals surface area contributed by atoms with E-state index in [1.807, 2.05) is 0 Å². The fourth-order valence-corrected chi connectivity index (χ4v) is 1.60. The maximum Gasteiger partial charge on any atom is 0.237 e. The van der Waals surface area contributed by atoms with E-state index in [9.17, 15) is 4.79 Å². The molecule has 5 heteroatoms. The van der Waals surface area contributed by atoms with Crippen LogP contribution in [-0.4, -0.2) is 28.5 Å². The van der Waals surface area contributed by atoms with Crippen LogP contribution in [0.2, 0.25) is 0 Å². The van der Waals surface area contributed by atoms with Gasteiger partial charge in [-0.1, -0.05) is 0 Å². The molecule has 76 valence electrons. The van der Waals surface area contributed by atoms with Gasteiger partial charge < -0.3 is 15.6 Å². The van der Waals surface area contributed by atoms with E-state index in [0.29, 0.717) is 6.54 Å². The predicted molar refractivity (Wildman–Crippen MR) is 51.5 cm³/mol. The molecule has 0 bridgehead atoms. The Balaban J connectivity index is 1.77. The Labute approximate surface area is 82.3 Å². The second kappa shape index (κ2) is 4.23. The van der Waals surface area contributed by atoms with Crippen molar-refractivity contribution in [3.05, 3.63) is 18.2 Å². The second-order valence-corrected chi connectivity index (χ2v) is 3.44. The van der Waals surface area contributed by atoms with E-state index < -0.39 is 0 Å².